The highest BCUT2D eigenvalue weighted by atomic mass is 19.1. The minimum atomic E-state index is -0.279. The first kappa shape index (κ1) is 15.3. The molecular weight excluding hydrogens is 269 g/mol. The van der Waals surface area contributed by atoms with Crippen LogP contribution in [0.15, 0.2) is 48.5 Å². The zero-order chi connectivity index (χ0) is 15.1. The molecular formula is C17H20FNO2. The highest BCUT2D eigenvalue weighted by Crippen LogP contribution is 2.21. The minimum Gasteiger partial charge on any atom is -0.490 e. The van der Waals surface area contributed by atoms with Gasteiger partial charge in [0.2, 0.25) is 0 Å². The van der Waals surface area contributed by atoms with Crippen molar-refractivity contribution in [2.75, 3.05) is 13.2 Å². The summed E-state index contributed by atoms with van der Waals surface area (Å²) in [5.41, 5.74) is 6.55. The van der Waals surface area contributed by atoms with E-state index in [1.807, 2.05) is 37.3 Å². The summed E-state index contributed by atoms with van der Waals surface area (Å²) < 4.78 is 24.5. The quantitative estimate of drug-likeness (QED) is 0.796. The standard InChI is InChI=1S/C17H20FNO2/c1-13(19)11-14-12-15(18)7-8-17(14)21-10-9-20-16-5-3-2-4-6-16/h2-8,12-13H,9-11,19H2,1H3. The molecule has 0 fully saturated rings. The number of para-hydroxylation sites is 1. The van der Waals surface area contributed by atoms with Crippen LogP contribution in [-0.2, 0) is 6.42 Å². The Morgan fingerprint density at radius 3 is 2.48 bits per heavy atom. The van der Waals surface area contributed by atoms with Gasteiger partial charge in [0.15, 0.2) is 0 Å². The highest BCUT2D eigenvalue weighted by Gasteiger charge is 2.08. The first-order chi connectivity index (χ1) is 10.1. The van der Waals surface area contributed by atoms with E-state index in [0.717, 1.165) is 11.3 Å². The third-order valence-electron chi connectivity index (χ3n) is 2.92. The van der Waals surface area contributed by atoms with Crippen LogP contribution in [0.1, 0.15) is 12.5 Å². The Morgan fingerprint density at radius 1 is 1.05 bits per heavy atom. The summed E-state index contributed by atoms with van der Waals surface area (Å²) in [6, 6.07) is 14.0. The molecule has 0 amide bonds. The molecule has 21 heavy (non-hydrogen) atoms. The first-order valence-corrected chi connectivity index (χ1v) is 7.00. The second-order valence-corrected chi connectivity index (χ2v) is 4.94. The molecule has 0 saturated heterocycles. The fourth-order valence-corrected chi connectivity index (χ4v) is 2.02. The Hall–Kier alpha value is -2.07. The number of rotatable bonds is 7. The van der Waals surface area contributed by atoms with E-state index in [4.69, 9.17) is 15.2 Å². The van der Waals surface area contributed by atoms with Crippen molar-refractivity contribution in [3.8, 4) is 11.5 Å². The Morgan fingerprint density at radius 2 is 1.76 bits per heavy atom. The van der Waals surface area contributed by atoms with Crippen LogP contribution in [0.4, 0.5) is 4.39 Å². The second kappa shape index (κ2) is 7.64. The van der Waals surface area contributed by atoms with Gasteiger partial charge in [-0.05, 0) is 49.2 Å². The van der Waals surface area contributed by atoms with Crippen molar-refractivity contribution in [2.24, 2.45) is 5.73 Å². The lowest BCUT2D eigenvalue weighted by molar-refractivity contribution is 0.215. The summed E-state index contributed by atoms with van der Waals surface area (Å²) in [5.74, 6) is 1.18. The van der Waals surface area contributed by atoms with Gasteiger partial charge in [-0.3, -0.25) is 0 Å². The van der Waals surface area contributed by atoms with Gasteiger partial charge in [0.25, 0.3) is 0 Å². The fraction of sp³-hybridized carbons (Fsp3) is 0.294. The lowest BCUT2D eigenvalue weighted by Gasteiger charge is -2.13. The predicted molar refractivity (Wildman–Crippen MR) is 81.2 cm³/mol. The molecule has 112 valence electrons. The number of ether oxygens (including phenoxy) is 2. The molecule has 1 unspecified atom stereocenters. The van der Waals surface area contributed by atoms with E-state index in [0.29, 0.717) is 25.4 Å². The average molecular weight is 289 g/mol. The number of nitrogens with two attached hydrogens (primary N) is 1. The molecule has 0 heterocycles. The van der Waals surface area contributed by atoms with Crippen molar-refractivity contribution in [3.63, 3.8) is 0 Å². The molecule has 2 aromatic carbocycles. The van der Waals surface area contributed by atoms with Crippen molar-refractivity contribution < 1.29 is 13.9 Å². The molecule has 0 saturated carbocycles. The Labute approximate surface area is 124 Å². The lowest BCUT2D eigenvalue weighted by Crippen LogP contribution is -2.19. The zero-order valence-corrected chi connectivity index (χ0v) is 12.1. The molecule has 1 atom stereocenters. The van der Waals surface area contributed by atoms with E-state index >= 15 is 0 Å². The second-order valence-electron chi connectivity index (χ2n) is 4.94. The molecule has 2 rings (SSSR count). The molecule has 2 N–H and O–H groups in total. The van der Waals surface area contributed by atoms with Crippen molar-refractivity contribution in [2.45, 2.75) is 19.4 Å². The topological polar surface area (TPSA) is 44.5 Å². The number of hydrogen-bond donors (Lipinski definition) is 1. The van der Waals surface area contributed by atoms with Gasteiger partial charge in [0, 0.05) is 6.04 Å². The zero-order valence-electron chi connectivity index (χ0n) is 12.1. The molecule has 0 radical (unpaired) electrons. The summed E-state index contributed by atoms with van der Waals surface area (Å²) in [6.45, 7) is 2.71. The largest absolute Gasteiger partial charge is 0.490 e. The van der Waals surface area contributed by atoms with Gasteiger partial charge in [0.1, 0.15) is 30.5 Å². The van der Waals surface area contributed by atoms with Gasteiger partial charge >= 0.3 is 0 Å². The summed E-state index contributed by atoms with van der Waals surface area (Å²) in [7, 11) is 0. The number of benzene rings is 2. The summed E-state index contributed by atoms with van der Waals surface area (Å²) in [6.07, 6.45) is 0.576. The Balaban J connectivity index is 1.87. The van der Waals surface area contributed by atoms with Crippen LogP contribution in [0, 0.1) is 5.82 Å². The van der Waals surface area contributed by atoms with Gasteiger partial charge in [-0.25, -0.2) is 4.39 Å². The minimum absolute atomic E-state index is 0.0466. The first-order valence-electron chi connectivity index (χ1n) is 7.00. The van der Waals surface area contributed by atoms with Crippen LogP contribution in [0.3, 0.4) is 0 Å². The van der Waals surface area contributed by atoms with E-state index in [1.165, 1.54) is 12.1 Å². The van der Waals surface area contributed by atoms with Gasteiger partial charge in [-0.1, -0.05) is 18.2 Å². The Bertz CT molecular complexity index is 558. The van der Waals surface area contributed by atoms with E-state index < -0.39 is 0 Å². The van der Waals surface area contributed by atoms with Crippen LogP contribution in [0.5, 0.6) is 11.5 Å². The third kappa shape index (κ3) is 5.08. The van der Waals surface area contributed by atoms with E-state index in [9.17, 15) is 4.39 Å². The van der Waals surface area contributed by atoms with Gasteiger partial charge in [-0.15, -0.1) is 0 Å². The van der Waals surface area contributed by atoms with Crippen molar-refractivity contribution in [1.82, 2.24) is 0 Å². The summed E-state index contributed by atoms with van der Waals surface area (Å²) >= 11 is 0. The summed E-state index contributed by atoms with van der Waals surface area (Å²) in [5, 5.41) is 0. The molecule has 0 spiro atoms. The maximum absolute atomic E-state index is 13.3. The monoisotopic (exact) mass is 289 g/mol. The molecule has 0 aliphatic heterocycles. The van der Waals surface area contributed by atoms with Crippen molar-refractivity contribution >= 4 is 0 Å². The van der Waals surface area contributed by atoms with Crippen LogP contribution in [-0.4, -0.2) is 19.3 Å². The smallest absolute Gasteiger partial charge is 0.123 e. The molecule has 0 bridgehead atoms. The molecule has 0 aliphatic carbocycles. The highest BCUT2D eigenvalue weighted by molar-refractivity contribution is 5.34. The predicted octanol–water partition coefficient (Wildman–Crippen LogP) is 3.17. The van der Waals surface area contributed by atoms with Crippen molar-refractivity contribution in [1.29, 1.82) is 0 Å². The van der Waals surface area contributed by atoms with Gasteiger partial charge in [0.05, 0.1) is 0 Å². The summed E-state index contributed by atoms with van der Waals surface area (Å²) in [4.78, 5) is 0. The normalized spacial score (nSPS) is 12.0. The number of halogens is 1. The third-order valence-corrected chi connectivity index (χ3v) is 2.92. The molecule has 4 heteroatoms. The van der Waals surface area contributed by atoms with Crippen LogP contribution < -0.4 is 15.2 Å². The van der Waals surface area contributed by atoms with Crippen molar-refractivity contribution in [3.05, 3.63) is 59.9 Å². The van der Waals surface area contributed by atoms with Crippen LogP contribution in [0.25, 0.3) is 0 Å². The molecule has 0 aromatic heterocycles. The molecule has 0 aliphatic rings. The maximum atomic E-state index is 13.3. The van der Waals surface area contributed by atoms with Crippen LogP contribution in [0.2, 0.25) is 0 Å². The van der Waals surface area contributed by atoms with Gasteiger partial charge < -0.3 is 15.2 Å². The fourth-order valence-electron chi connectivity index (χ4n) is 2.02. The average Bonchev–Trinajstić information content (AvgIpc) is 2.46. The Kier molecular flexibility index (Phi) is 5.58. The molecule has 3 nitrogen and oxygen atoms in total. The SMILES string of the molecule is CC(N)Cc1cc(F)ccc1OCCOc1ccccc1. The maximum Gasteiger partial charge on any atom is 0.123 e. The van der Waals surface area contributed by atoms with Crippen LogP contribution >= 0.6 is 0 Å². The van der Waals surface area contributed by atoms with Gasteiger partial charge in [-0.2, -0.15) is 0 Å². The molecule has 2 aromatic rings. The van der Waals surface area contributed by atoms with E-state index in [2.05, 4.69) is 0 Å². The lowest BCUT2D eigenvalue weighted by atomic mass is 10.1. The van der Waals surface area contributed by atoms with E-state index in [1.54, 1.807) is 6.07 Å². The number of hydrogen-bond acceptors (Lipinski definition) is 3. The van der Waals surface area contributed by atoms with E-state index in [-0.39, 0.29) is 11.9 Å².